The molecule has 0 saturated heterocycles. The average Bonchev–Trinajstić information content (AvgIpc) is 2.41. The van der Waals surface area contributed by atoms with E-state index in [4.69, 9.17) is 5.73 Å². The number of nitrogens with two attached hydrogens (primary N) is 1. The first-order valence-corrected chi connectivity index (χ1v) is 7.61. The van der Waals surface area contributed by atoms with Crippen molar-refractivity contribution in [3.63, 3.8) is 0 Å². The molecular formula is C17H19BrN2O. The van der Waals surface area contributed by atoms with Crippen molar-refractivity contribution in [1.29, 1.82) is 0 Å². The molecule has 1 unspecified atom stereocenters. The van der Waals surface area contributed by atoms with Crippen LogP contribution in [0.1, 0.15) is 40.0 Å². The van der Waals surface area contributed by atoms with E-state index in [1.807, 2.05) is 26.8 Å². The number of benzene rings is 2. The second-order valence-corrected chi connectivity index (χ2v) is 6.20. The van der Waals surface area contributed by atoms with Gasteiger partial charge in [0.25, 0.3) is 5.91 Å². The Morgan fingerprint density at radius 2 is 1.90 bits per heavy atom. The number of carbonyl (C=O) groups is 1. The Morgan fingerprint density at radius 3 is 2.57 bits per heavy atom. The van der Waals surface area contributed by atoms with E-state index in [1.54, 1.807) is 12.1 Å². The van der Waals surface area contributed by atoms with Crippen LogP contribution in [0, 0.1) is 13.8 Å². The SMILES string of the molecule is Cc1ccc(C)c(C(C)NC(=O)c2ccc(Br)cc2N)c1. The fourth-order valence-corrected chi connectivity index (χ4v) is 2.70. The minimum atomic E-state index is -0.159. The Kier molecular flexibility index (Phi) is 4.68. The summed E-state index contributed by atoms with van der Waals surface area (Å²) in [5, 5.41) is 3.01. The Labute approximate surface area is 133 Å². The number of halogens is 1. The van der Waals surface area contributed by atoms with Crippen molar-refractivity contribution in [1.82, 2.24) is 5.32 Å². The molecule has 0 fully saturated rings. The van der Waals surface area contributed by atoms with Gasteiger partial charge in [0.2, 0.25) is 0 Å². The van der Waals surface area contributed by atoms with Crippen molar-refractivity contribution in [2.45, 2.75) is 26.8 Å². The molecule has 0 bridgehead atoms. The molecule has 2 rings (SSSR count). The minimum absolute atomic E-state index is 0.0690. The lowest BCUT2D eigenvalue weighted by Crippen LogP contribution is -2.27. The molecule has 2 aromatic carbocycles. The van der Waals surface area contributed by atoms with Gasteiger partial charge in [0, 0.05) is 10.2 Å². The van der Waals surface area contributed by atoms with E-state index in [0.29, 0.717) is 11.3 Å². The van der Waals surface area contributed by atoms with E-state index in [2.05, 4.69) is 39.4 Å². The first kappa shape index (κ1) is 15.6. The van der Waals surface area contributed by atoms with Gasteiger partial charge in [0.15, 0.2) is 0 Å². The highest BCUT2D eigenvalue weighted by Crippen LogP contribution is 2.22. The number of carbonyl (C=O) groups excluding carboxylic acids is 1. The van der Waals surface area contributed by atoms with Crippen molar-refractivity contribution in [2.24, 2.45) is 0 Å². The third-order valence-electron chi connectivity index (χ3n) is 3.51. The van der Waals surface area contributed by atoms with Crippen LogP contribution in [0.25, 0.3) is 0 Å². The summed E-state index contributed by atoms with van der Waals surface area (Å²) in [6, 6.07) is 11.4. The van der Waals surface area contributed by atoms with E-state index in [1.165, 1.54) is 5.56 Å². The number of amides is 1. The average molecular weight is 347 g/mol. The van der Waals surface area contributed by atoms with Gasteiger partial charge in [-0.15, -0.1) is 0 Å². The van der Waals surface area contributed by atoms with Gasteiger partial charge in [-0.2, -0.15) is 0 Å². The van der Waals surface area contributed by atoms with Crippen molar-refractivity contribution >= 4 is 27.5 Å². The monoisotopic (exact) mass is 346 g/mol. The van der Waals surface area contributed by atoms with E-state index in [9.17, 15) is 4.79 Å². The number of hydrogen-bond acceptors (Lipinski definition) is 2. The topological polar surface area (TPSA) is 55.1 Å². The third-order valence-corrected chi connectivity index (χ3v) is 4.00. The molecule has 4 heteroatoms. The van der Waals surface area contributed by atoms with Gasteiger partial charge in [-0.3, -0.25) is 4.79 Å². The molecule has 2 aromatic rings. The van der Waals surface area contributed by atoms with Gasteiger partial charge in [-0.05, 0) is 50.1 Å². The van der Waals surface area contributed by atoms with Crippen LogP contribution < -0.4 is 11.1 Å². The first-order valence-electron chi connectivity index (χ1n) is 6.81. The van der Waals surface area contributed by atoms with E-state index >= 15 is 0 Å². The van der Waals surface area contributed by atoms with Crippen LogP contribution in [-0.2, 0) is 0 Å². The Morgan fingerprint density at radius 1 is 1.19 bits per heavy atom. The summed E-state index contributed by atoms with van der Waals surface area (Å²) < 4.78 is 0.860. The highest BCUT2D eigenvalue weighted by atomic mass is 79.9. The molecule has 3 N–H and O–H groups in total. The summed E-state index contributed by atoms with van der Waals surface area (Å²) in [7, 11) is 0. The van der Waals surface area contributed by atoms with E-state index in [0.717, 1.165) is 15.6 Å². The standard InChI is InChI=1S/C17H19BrN2O/c1-10-4-5-11(2)15(8-10)12(3)20-17(21)14-7-6-13(18)9-16(14)19/h4-9,12H,19H2,1-3H3,(H,20,21). The maximum atomic E-state index is 12.4. The Balaban J connectivity index is 2.20. The van der Waals surface area contributed by atoms with Gasteiger partial charge in [0.1, 0.15) is 0 Å². The molecule has 0 spiro atoms. The number of hydrogen-bond donors (Lipinski definition) is 2. The lowest BCUT2D eigenvalue weighted by molar-refractivity contribution is 0.0940. The molecule has 0 radical (unpaired) electrons. The second-order valence-electron chi connectivity index (χ2n) is 5.29. The largest absolute Gasteiger partial charge is 0.398 e. The number of anilines is 1. The highest BCUT2D eigenvalue weighted by Gasteiger charge is 2.15. The molecule has 1 amide bonds. The molecule has 0 aliphatic heterocycles. The summed E-state index contributed by atoms with van der Waals surface area (Å²) in [5.41, 5.74) is 10.3. The van der Waals surface area contributed by atoms with Crippen LogP contribution in [0.5, 0.6) is 0 Å². The predicted octanol–water partition coefficient (Wildman–Crippen LogP) is 4.14. The zero-order valence-corrected chi connectivity index (χ0v) is 14.0. The number of aryl methyl sites for hydroxylation is 2. The lowest BCUT2D eigenvalue weighted by atomic mass is 9.99. The summed E-state index contributed by atoms with van der Waals surface area (Å²) in [6.07, 6.45) is 0. The Hall–Kier alpha value is -1.81. The molecule has 1 atom stereocenters. The van der Waals surface area contributed by atoms with Crippen LogP contribution >= 0.6 is 15.9 Å². The zero-order chi connectivity index (χ0) is 15.6. The molecule has 3 nitrogen and oxygen atoms in total. The van der Waals surface area contributed by atoms with E-state index in [-0.39, 0.29) is 11.9 Å². The predicted molar refractivity (Wildman–Crippen MR) is 90.4 cm³/mol. The van der Waals surface area contributed by atoms with Gasteiger partial charge in [0.05, 0.1) is 11.6 Å². The molecule has 0 saturated carbocycles. The van der Waals surface area contributed by atoms with Crippen molar-refractivity contribution in [2.75, 3.05) is 5.73 Å². The highest BCUT2D eigenvalue weighted by molar-refractivity contribution is 9.10. The summed E-state index contributed by atoms with van der Waals surface area (Å²) in [6.45, 7) is 6.07. The third kappa shape index (κ3) is 3.64. The summed E-state index contributed by atoms with van der Waals surface area (Å²) in [4.78, 5) is 12.4. The Bertz CT molecular complexity index is 682. The fourth-order valence-electron chi connectivity index (χ4n) is 2.32. The second kappa shape index (κ2) is 6.31. The van der Waals surface area contributed by atoms with Crippen molar-refractivity contribution in [3.8, 4) is 0 Å². The molecule has 0 heterocycles. The first-order chi connectivity index (χ1) is 9.88. The fraction of sp³-hybridized carbons (Fsp3) is 0.235. The molecular weight excluding hydrogens is 328 g/mol. The zero-order valence-electron chi connectivity index (χ0n) is 12.4. The minimum Gasteiger partial charge on any atom is -0.398 e. The molecule has 21 heavy (non-hydrogen) atoms. The normalized spacial score (nSPS) is 12.0. The van der Waals surface area contributed by atoms with Crippen LogP contribution in [0.15, 0.2) is 40.9 Å². The molecule has 0 aromatic heterocycles. The van der Waals surface area contributed by atoms with Crippen LogP contribution in [0.4, 0.5) is 5.69 Å². The number of nitrogen functional groups attached to an aromatic ring is 1. The van der Waals surface area contributed by atoms with Gasteiger partial charge in [-0.25, -0.2) is 0 Å². The quantitative estimate of drug-likeness (QED) is 0.820. The van der Waals surface area contributed by atoms with E-state index < -0.39 is 0 Å². The van der Waals surface area contributed by atoms with Crippen molar-refractivity contribution < 1.29 is 4.79 Å². The maximum Gasteiger partial charge on any atom is 0.253 e. The van der Waals surface area contributed by atoms with Gasteiger partial charge >= 0.3 is 0 Å². The van der Waals surface area contributed by atoms with Crippen LogP contribution in [0.2, 0.25) is 0 Å². The van der Waals surface area contributed by atoms with Crippen molar-refractivity contribution in [3.05, 3.63) is 63.1 Å². The smallest absolute Gasteiger partial charge is 0.253 e. The van der Waals surface area contributed by atoms with Gasteiger partial charge in [-0.1, -0.05) is 39.7 Å². The van der Waals surface area contributed by atoms with Crippen LogP contribution in [-0.4, -0.2) is 5.91 Å². The number of nitrogens with one attached hydrogen (secondary N) is 1. The molecule has 110 valence electrons. The molecule has 0 aliphatic carbocycles. The molecule has 0 aliphatic rings. The van der Waals surface area contributed by atoms with Crippen LogP contribution in [0.3, 0.4) is 0 Å². The number of rotatable bonds is 3. The maximum absolute atomic E-state index is 12.4. The summed E-state index contributed by atoms with van der Waals surface area (Å²) in [5.74, 6) is -0.159. The summed E-state index contributed by atoms with van der Waals surface area (Å²) >= 11 is 3.34. The van der Waals surface area contributed by atoms with Gasteiger partial charge < -0.3 is 11.1 Å². The lowest BCUT2D eigenvalue weighted by Gasteiger charge is -2.18.